The molecule has 10 heteroatoms. The number of ether oxygens (including phenoxy) is 1. The van der Waals surface area contributed by atoms with Crippen LogP contribution in [-0.2, 0) is 14.8 Å². The van der Waals surface area contributed by atoms with E-state index in [2.05, 4.69) is 20.0 Å². The Kier molecular flexibility index (Phi) is 7.99. The Morgan fingerprint density at radius 1 is 1.13 bits per heavy atom. The zero-order chi connectivity index (χ0) is 22.1. The summed E-state index contributed by atoms with van der Waals surface area (Å²) in [5.74, 6) is 0.944. The molecule has 2 N–H and O–H groups in total. The van der Waals surface area contributed by atoms with E-state index >= 15 is 0 Å². The maximum absolute atomic E-state index is 12.9. The summed E-state index contributed by atoms with van der Waals surface area (Å²) in [5, 5.41) is 2.76. The second-order valence-corrected chi connectivity index (χ2v) is 9.13. The van der Waals surface area contributed by atoms with Crippen molar-refractivity contribution >= 4 is 33.4 Å². The van der Waals surface area contributed by atoms with E-state index in [1.165, 1.54) is 42.5 Å². The van der Waals surface area contributed by atoms with Crippen LogP contribution in [0, 0.1) is 0 Å². The van der Waals surface area contributed by atoms with Gasteiger partial charge in [-0.3, -0.25) is 9.78 Å². The molecule has 0 bridgehead atoms. The molecule has 3 rings (SSSR count). The Balaban J connectivity index is 1.72. The van der Waals surface area contributed by atoms with Crippen LogP contribution in [0.2, 0.25) is 0 Å². The third-order valence-electron chi connectivity index (χ3n) is 4.14. The van der Waals surface area contributed by atoms with Crippen LogP contribution in [0.1, 0.15) is 6.42 Å². The van der Waals surface area contributed by atoms with Gasteiger partial charge in [-0.15, -0.1) is 0 Å². The van der Waals surface area contributed by atoms with Crippen molar-refractivity contribution in [3.05, 3.63) is 73.2 Å². The lowest BCUT2D eigenvalue weighted by molar-refractivity contribution is -0.117. The van der Waals surface area contributed by atoms with Gasteiger partial charge in [-0.1, -0.05) is 24.3 Å². The fourth-order valence-electron chi connectivity index (χ4n) is 2.66. The van der Waals surface area contributed by atoms with Crippen LogP contribution in [0.4, 0.5) is 5.69 Å². The number of rotatable bonds is 10. The number of carbonyl (C=O) groups excluding carboxylic acids is 1. The number of hydrogen-bond donors (Lipinski definition) is 2. The molecule has 1 amide bonds. The quantitative estimate of drug-likeness (QED) is 0.480. The predicted octanol–water partition coefficient (Wildman–Crippen LogP) is 3.31. The molecule has 0 radical (unpaired) electrons. The molecule has 1 heterocycles. The molecular formula is C21H22N4O4S2. The molecule has 0 aliphatic carbocycles. The van der Waals surface area contributed by atoms with E-state index in [1.54, 1.807) is 42.5 Å². The summed E-state index contributed by atoms with van der Waals surface area (Å²) in [7, 11) is -3.84. The Bertz CT molecular complexity index is 1100. The molecule has 0 spiro atoms. The highest BCUT2D eigenvalue weighted by Gasteiger charge is 2.25. The topological polar surface area (TPSA) is 110 Å². The van der Waals surface area contributed by atoms with Crippen LogP contribution in [-0.4, -0.2) is 42.3 Å². The second-order valence-electron chi connectivity index (χ2n) is 6.43. The lowest BCUT2D eigenvalue weighted by atomic mass is 10.2. The smallest absolute Gasteiger partial charge is 0.242 e. The molecule has 162 valence electrons. The Hall–Kier alpha value is -2.95. The summed E-state index contributed by atoms with van der Waals surface area (Å²) in [6, 6.07) is 13.8. The van der Waals surface area contributed by atoms with Crippen molar-refractivity contribution in [2.24, 2.45) is 0 Å². The SMILES string of the molecule is CSCCC(NS(=O)(=O)c1ccccc1)C(=O)Nc1cccc(Oc2cnccn2)c1. The standard InChI is InChI=1S/C21H22N4O4S2/c1-30-13-10-19(25-31(27,28)18-8-3-2-4-9-18)21(26)24-16-6-5-7-17(14-16)29-20-15-22-11-12-23-20/h2-9,11-12,14-15,19,25H,10,13H2,1H3,(H,24,26). The first-order valence-corrected chi connectivity index (χ1v) is 12.3. The van der Waals surface area contributed by atoms with Gasteiger partial charge in [-0.25, -0.2) is 13.4 Å². The molecule has 0 saturated carbocycles. The molecular weight excluding hydrogens is 436 g/mol. The first-order valence-electron chi connectivity index (χ1n) is 9.39. The minimum absolute atomic E-state index is 0.108. The van der Waals surface area contributed by atoms with Crippen LogP contribution < -0.4 is 14.8 Å². The second kappa shape index (κ2) is 10.9. The number of aromatic nitrogens is 2. The van der Waals surface area contributed by atoms with Gasteiger partial charge in [0.25, 0.3) is 0 Å². The number of thioether (sulfide) groups is 1. The molecule has 0 saturated heterocycles. The number of nitrogens with one attached hydrogen (secondary N) is 2. The summed E-state index contributed by atoms with van der Waals surface area (Å²) in [6.07, 6.45) is 6.76. The van der Waals surface area contributed by atoms with Gasteiger partial charge in [0.2, 0.25) is 21.8 Å². The van der Waals surface area contributed by atoms with Crippen molar-refractivity contribution in [3.63, 3.8) is 0 Å². The van der Waals surface area contributed by atoms with E-state index in [0.717, 1.165) is 0 Å². The molecule has 0 aliphatic rings. The average molecular weight is 459 g/mol. The lowest BCUT2D eigenvalue weighted by Crippen LogP contribution is -2.44. The zero-order valence-corrected chi connectivity index (χ0v) is 18.4. The van der Waals surface area contributed by atoms with Crippen molar-refractivity contribution in [1.82, 2.24) is 14.7 Å². The van der Waals surface area contributed by atoms with E-state index in [0.29, 0.717) is 29.5 Å². The van der Waals surface area contributed by atoms with Crippen molar-refractivity contribution in [2.45, 2.75) is 17.4 Å². The summed E-state index contributed by atoms with van der Waals surface area (Å²) in [4.78, 5) is 21.0. The number of sulfonamides is 1. The van der Waals surface area contributed by atoms with Crippen molar-refractivity contribution in [2.75, 3.05) is 17.3 Å². The molecule has 0 fully saturated rings. The zero-order valence-electron chi connectivity index (χ0n) is 16.8. The highest BCUT2D eigenvalue weighted by molar-refractivity contribution is 7.98. The van der Waals surface area contributed by atoms with Gasteiger partial charge in [0.05, 0.1) is 11.1 Å². The number of anilines is 1. The maximum atomic E-state index is 12.9. The summed E-state index contributed by atoms with van der Waals surface area (Å²) in [5.41, 5.74) is 0.472. The van der Waals surface area contributed by atoms with Crippen LogP contribution in [0.25, 0.3) is 0 Å². The minimum Gasteiger partial charge on any atom is -0.437 e. The Labute approximate surface area is 185 Å². The van der Waals surface area contributed by atoms with Gasteiger partial charge in [-0.05, 0) is 42.7 Å². The highest BCUT2D eigenvalue weighted by atomic mass is 32.2. The number of benzene rings is 2. The third-order valence-corrected chi connectivity index (χ3v) is 6.27. The van der Waals surface area contributed by atoms with Gasteiger partial charge in [-0.2, -0.15) is 16.5 Å². The van der Waals surface area contributed by atoms with Crippen LogP contribution in [0.3, 0.4) is 0 Å². The van der Waals surface area contributed by atoms with E-state index < -0.39 is 22.0 Å². The predicted molar refractivity (Wildman–Crippen MR) is 121 cm³/mol. The lowest BCUT2D eigenvalue weighted by Gasteiger charge is -2.18. The summed E-state index contributed by atoms with van der Waals surface area (Å²) < 4.78 is 33.5. The molecule has 1 atom stereocenters. The summed E-state index contributed by atoms with van der Waals surface area (Å²) in [6.45, 7) is 0. The summed E-state index contributed by atoms with van der Waals surface area (Å²) >= 11 is 1.53. The molecule has 1 unspecified atom stereocenters. The number of carbonyl (C=O) groups is 1. The molecule has 0 aliphatic heterocycles. The highest BCUT2D eigenvalue weighted by Crippen LogP contribution is 2.22. The molecule has 31 heavy (non-hydrogen) atoms. The van der Waals surface area contributed by atoms with Crippen molar-refractivity contribution < 1.29 is 17.9 Å². The molecule has 2 aromatic carbocycles. The van der Waals surface area contributed by atoms with Crippen LogP contribution in [0.15, 0.2) is 78.1 Å². The average Bonchev–Trinajstić information content (AvgIpc) is 2.78. The van der Waals surface area contributed by atoms with Gasteiger partial charge in [0, 0.05) is 24.1 Å². The first kappa shape index (κ1) is 22.7. The maximum Gasteiger partial charge on any atom is 0.242 e. The minimum atomic E-state index is -3.84. The number of nitrogens with zero attached hydrogens (tertiary/aromatic N) is 2. The Morgan fingerprint density at radius 2 is 1.94 bits per heavy atom. The largest absolute Gasteiger partial charge is 0.437 e. The van der Waals surface area contributed by atoms with Crippen LogP contribution in [0.5, 0.6) is 11.6 Å². The van der Waals surface area contributed by atoms with E-state index in [4.69, 9.17) is 4.74 Å². The number of hydrogen-bond acceptors (Lipinski definition) is 7. The van der Waals surface area contributed by atoms with Gasteiger partial charge in [0.1, 0.15) is 11.8 Å². The number of amides is 1. The Morgan fingerprint density at radius 3 is 2.65 bits per heavy atom. The van der Waals surface area contributed by atoms with Gasteiger partial charge >= 0.3 is 0 Å². The molecule has 3 aromatic rings. The van der Waals surface area contributed by atoms with Gasteiger partial charge in [0.15, 0.2) is 0 Å². The van der Waals surface area contributed by atoms with Crippen LogP contribution >= 0.6 is 11.8 Å². The fourth-order valence-corrected chi connectivity index (χ4v) is 4.38. The van der Waals surface area contributed by atoms with Crippen molar-refractivity contribution in [1.29, 1.82) is 0 Å². The van der Waals surface area contributed by atoms with Gasteiger partial charge < -0.3 is 10.1 Å². The third kappa shape index (κ3) is 6.78. The monoisotopic (exact) mass is 458 g/mol. The fraction of sp³-hybridized carbons (Fsp3) is 0.190. The van der Waals surface area contributed by atoms with E-state index in [1.807, 2.05) is 6.26 Å². The molecule has 8 nitrogen and oxygen atoms in total. The van der Waals surface area contributed by atoms with E-state index in [-0.39, 0.29) is 4.90 Å². The van der Waals surface area contributed by atoms with Crippen molar-refractivity contribution in [3.8, 4) is 11.6 Å². The normalized spacial score (nSPS) is 12.2. The first-order chi connectivity index (χ1) is 15.0. The molecule has 1 aromatic heterocycles. The van der Waals surface area contributed by atoms with E-state index in [9.17, 15) is 13.2 Å².